The van der Waals surface area contributed by atoms with Crippen molar-refractivity contribution in [3.8, 4) is 5.88 Å². The Kier molecular flexibility index (Phi) is 6.12. The number of ether oxygens (including phenoxy) is 1. The van der Waals surface area contributed by atoms with Gasteiger partial charge in [0.25, 0.3) is 5.91 Å². The van der Waals surface area contributed by atoms with E-state index in [0.29, 0.717) is 17.6 Å². The molecule has 1 saturated heterocycles. The Hall–Kier alpha value is -2.54. The molecule has 7 nitrogen and oxygen atoms in total. The van der Waals surface area contributed by atoms with E-state index in [2.05, 4.69) is 27.1 Å². The van der Waals surface area contributed by atoms with Crippen LogP contribution in [0, 0.1) is 0 Å². The molecule has 3 rings (SSSR count). The van der Waals surface area contributed by atoms with E-state index in [1.807, 2.05) is 29.3 Å². The second-order valence-electron chi connectivity index (χ2n) is 6.57. The molecule has 1 atom stereocenters. The van der Waals surface area contributed by atoms with Crippen LogP contribution in [0.15, 0.2) is 36.5 Å². The molecule has 138 valence electrons. The van der Waals surface area contributed by atoms with Crippen molar-refractivity contribution in [2.24, 2.45) is 0 Å². The number of carbonyl (C=O) groups excluding carboxylic acids is 1. The average molecular weight is 355 g/mol. The predicted octanol–water partition coefficient (Wildman–Crippen LogP) is 2.01. The van der Waals surface area contributed by atoms with Gasteiger partial charge in [0.1, 0.15) is 0 Å². The molecule has 0 N–H and O–H groups in total. The van der Waals surface area contributed by atoms with Gasteiger partial charge in [-0.1, -0.05) is 6.07 Å². The van der Waals surface area contributed by atoms with Gasteiger partial charge in [-0.15, -0.1) is 10.2 Å². The Labute approximate surface area is 154 Å². The summed E-state index contributed by atoms with van der Waals surface area (Å²) in [7, 11) is 3.66. The molecule has 0 aromatic carbocycles. The summed E-state index contributed by atoms with van der Waals surface area (Å²) in [5.41, 5.74) is 1.44. The lowest BCUT2D eigenvalue weighted by atomic mass is 10.1. The Morgan fingerprint density at radius 2 is 2.12 bits per heavy atom. The van der Waals surface area contributed by atoms with E-state index in [4.69, 9.17) is 4.74 Å². The number of nitrogens with zero attached hydrogens (tertiary/aromatic N) is 5. The molecule has 0 bridgehead atoms. The highest BCUT2D eigenvalue weighted by atomic mass is 16.5. The number of pyridine rings is 1. The first kappa shape index (κ1) is 18.3. The number of carbonyl (C=O) groups is 1. The number of likely N-dealkylation sites (tertiary alicyclic amines) is 1. The molecule has 0 radical (unpaired) electrons. The lowest BCUT2D eigenvalue weighted by Gasteiger charge is -2.27. The van der Waals surface area contributed by atoms with Crippen molar-refractivity contribution in [1.29, 1.82) is 0 Å². The van der Waals surface area contributed by atoms with Gasteiger partial charge in [-0.2, -0.15) is 0 Å². The van der Waals surface area contributed by atoms with Gasteiger partial charge in [0.15, 0.2) is 5.69 Å². The third-order valence-corrected chi connectivity index (χ3v) is 4.81. The number of hydrogen-bond donors (Lipinski definition) is 0. The fourth-order valence-electron chi connectivity index (χ4n) is 3.30. The van der Waals surface area contributed by atoms with Crippen LogP contribution < -0.4 is 4.74 Å². The predicted molar refractivity (Wildman–Crippen MR) is 97.8 cm³/mol. The minimum atomic E-state index is -0.0619. The van der Waals surface area contributed by atoms with Gasteiger partial charge in [0.05, 0.1) is 12.8 Å². The third-order valence-electron chi connectivity index (χ3n) is 4.81. The normalized spacial score (nSPS) is 17.8. The maximum atomic E-state index is 12.7. The lowest BCUT2D eigenvalue weighted by molar-refractivity contribution is 0.0750. The third kappa shape index (κ3) is 4.54. The SMILES string of the molecule is COc1ccc(C(=O)N2CCCC(N(C)Cc3ccccn3)CC2)nn1. The van der Waals surface area contributed by atoms with Crippen LogP contribution in [0.3, 0.4) is 0 Å². The molecule has 2 aromatic rings. The molecule has 0 aliphatic carbocycles. The lowest BCUT2D eigenvalue weighted by Crippen LogP contribution is -2.35. The van der Waals surface area contributed by atoms with Gasteiger partial charge in [0, 0.05) is 37.9 Å². The van der Waals surface area contributed by atoms with E-state index in [-0.39, 0.29) is 5.91 Å². The zero-order valence-electron chi connectivity index (χ0n) is 15.3. The highest BCUT2D eigenvalue weighted by Gasteiger charge is 2.24. The molecular weight excluding hydrogens is 330 g/mol. The molecule has 1 aliphatic rings. The second-order valence-corrected chi connectivity index (χ2v) is 6.57. The number of rotatable bonds is 5. The molecule has 3 heterocycles. The Morgan fingerprint density at radius 3 is 2.81 bits per heavy atom. The smallest absolute Gasteiger partial charge is 0.274 e. The van der Waals surface area contributed by atoms with Crippen molar-refractivity contribution in [3.05, 3.63) is 47.9 Å². The quantitative estimate of drug-likeness (QED) is 0.817. The molecule has 2 aromatic heterocycles. The van der Waals surface area contributed by atoms with Crippen molar-refractivity contribution in [2.75, 3.05) is 27.2 Å². The van der Waals surface area contributed by atoms with Crippen LogP contribution in [0.2, 0.25) is 0 Å². The van der Waals surface area contributed by atoms with Crippen LogP contribution in [0.25, 0.3) is 0 Å². The van der Waals surface area contributed by atoms with E-state index in [9.17, 15) is 4.79 Å². The van der Waals surface area contributed by atoms with E-state index in [1.165, 1.54) is 7.11 Å². The van der Waals surface area contributed by atoms with Gasteiger partial charge in [-0.3, -0.25) is 14.7 Å². The monoisotopic (exact) mass is 355 g/mol. The van der Waals surface area contributed by atoms with Crippen molar-refractivity contribution in [3.63, 3.8) is 0 Å². The maximum Gasteiger partial charge on any atom is 0.274 e. The van der Waals surface area contributed by atoms with E-state index < -0.39 is 0 Å². The van der Waals surface area contributed by atoms with Gasteiger partial charge in [-0.25, -0.2) is 0 Å². The van der Waals surface area contributed by atoms with Gasteiger partial charge in [-0.05, 0) is 44.5 Å². The fraction of sp³-hybridized carbons (Fsp3) is 0.474. The van der Waals surface area contributed by atoms with Crippen molar-refractivity contribution in [2.45, 2.75) is 31.8 Å². The second kappa shape index (κ2) is 8.71. The topological polar surface area (TPSA) is 71.5 Å². The number of amides is 1. The molecule has 0 saturated carbocycles. The standard InChI is InChI=1S/C19H25N5O2/c1-23(14-15-6-3-4-11-20-15)16-7-5-12-24(13-10-16)19(25)17-8-9-18(26-2)22-21-17/h3-4,6,8-9,11,16H,5,7,10,12-14H2,1-2H3. The largest absolute Gasteiger partial charge is 0.480 e. The van der Waals surface area contributed by atoms with Crippen LogP contribution in [-0.2, 0) is 6.54 Å². The van der Waals surface area contributed by atoms with Crippen LogP contribution in [-0.4, -0.2) is 64.2 Å². The Balaban J connectivity index is 1.57. The summed E-state index contributed by atoms with van der Waals surface area (Å²) in [6, 6.07) is 9.77. The summed E-state index contributed by atoms with van der Waals surface area (Å²) in [6.45, 7) is 2.30. The first-order valence-corrected chi connectivity index (χ1v) is 8.94. The molecule has 1 aliphatic heterocycles. The zero-order chi connectivity index (χ0) is 18.4. The number of hydrogen-bond acceptors (Lipinski definition) is 6. The van der Waals surface area contributed by atoms with Crippen molar-refractivity contribution >= 4 is 5.91 Å². The first-order chi connectivity index (χ1) is 12.7. The Morgan fingerprint density at radius 1 is 1.23 bits per heavy atom. The summed E-state index contributed by atoms with van der Waals surface area (Å²) >= 11 is 0. The average Bonchev–Trinajstić information content (AvgIpc) is 2.94. The molecular formula is C19H25N5O2. The van der Waals surface area contributed by atoms with E-state index >= 15 is 0 Å². The summed E-state index contributed by atoms with van der Waals surface area (Å²) < 4.78 is 4.99. The number of aromatic nitrogens is 3. The highest BCUT2D eigenvalue weighted by Crippen LogP contribution is 2.19. The first-order valence-electron chi connectivity index (χ1n) is 8.94. The molecule has 26 heavy (non-hydrogen) atoms. The molecule has 7 heteroatoms. The summed E-state index contributed by atoms with van der Waals surface area (Å²) in [5, 5.41) is 7.87. The highest BCUT2D eigenvalue weighted by molar-refractivity contribution is 5.92. The van der Waals surface area contributed by atoms with Gasteiger partial charge >= 0.3 is 0 Å². The fourth-order valence-corrected chi connectivity index (χ4v) is 3.30. The minimum absolute atomic E-state index is 0.0619. The molecule has 1 fully saturated rings. The van der Waals surface area contributed by atoms with Crippen LogP contribution in [0.4, 0.5) is 0 Å². The molecule has 1 amide bonds. The summed E-state index contributed by atoms with van der Waals surface area (Å²) in [4.78, 5) is 21.3. The summed E-state index contributed by atoms with van der Waals surface area (Å²) in [5.74, 6) is 0.349. The van der Waals surface area contributed by atoms with E-state index in [0.717, 1.165) is 44.6 Å². The van der Waals surface area contributed by atoms with Crippen LogP contribution >= 0.6 is 0 Å². The minimum Gasteiger partial charge on any atom is -0.480 e. The number of methoxy groups -OCH3 is 1. The summed E-state index contributed by atoms with van der Waals surface area (Å²) in [6.07, 6.45) is 4.82. The van der Waals surface area contributed by atoms with Crippen molar-refractivity contribution in [1.82, 2.24) is 25.0 Å². The van der Waals surface area contributed by atoms with Crippen molar-refractivity contribution < 1.29 is 9.53 Å². The van der Waals surface area contributed by atoms with E-state index in [1.54, 1.807) is 12.1 Å². The van der Waals surface area contributed by atoms with Crippen LogP contribution in [0.5, 0.6) is 5.88 Å². The maximum absolute atomic E-state index is 12.7. The zero-order valence-corrected chi connectivity index (χ0v) is 15.3. The molecule has 1 unspecified atom stereocenters. The Bertz CT molecular complexity index is 708. The van der Waals surface area contributed by atoms with Crippen LogP contribution in [0.1, 0.15) is 35.4 Å². The van der Waals surface area contributed by atoms with Gasteiger partial charge < -0.3 is 9.64 Å². The molecule has 0 spiro atoms. The van der Waals surface area contributed by atoms with Gasteiger partial charge in [0.2, 0.25) is 5.88 Å².